The van der Waals surface area contributed by atoms with Crippen molar-refractivity contribution in [2.24, 2.45) is 0 Å². The molecule has 0 spiro atoms. The van der Waals surface area contributed by atoms with Crippen LogP contribution in [0.3, 0.4) is 0 Å². The third-order valence-corrected chi connectivity index (χ3v) is 4.23. The minimum Gasteiger partial charge on any atom is -0.480 e. The summed E-state index contributed by atoms with van der Waals surface area (Å²) >= 11 is 5.73. The first-order valence-corrected chi connectivity index (χ1v) is 7.77. The van der Waals surface area contributed by atoms with E-state index in [1.165, 1.54) is 23.2 Å². The number of carboxylic acids is 1. The van der Waals surface area contributed by atoms with E-state index in [0.717, 1.165) is 17.5 Å². The van der Waals surface area contributed by atoms with Crippen molar-refractivity contribution in [2.75, 3.05) is 6.54 Å². The van der Waals surface area contributed by atoms with Crippen LogP contribution in [0.5, 0.6) is 0 Å². The van der Waals surface area contributed by atoms with Gasteiger partial charge in [0.2, 0.25) is 0 Å². The number of carbonyl (C=O) groups excluding carboxylic acids is 1. The Hall–Kier alpha value is -2.48. The molecule has 1 atom stereocenters. The van der Waals surface area contributed by atoms with Gasteiger partial charge in [0.05, 0.1) is 11.2 Å². The molecule has 24 heavy (non-hydrogen) atoms. The molecule has 1 fully saturated rings. The monoisotopic (exact) mass is 352 g/mol. The molecule has 1 unspecified atom stereocenters. The Balaban J connectivity index is 1.88. The lowest BCUT2D eigenvalue weighted by Gasteiger charge is -2.32. The van der Waals surface area contributed by atoms with Crippen molar-refractivity contribution in [3.05, 3.63) is 40.9 Å². The minimum absolute atomic E-state index is 0.0393. The standard InChI is InChI=1S/C15H14ClFN4O3/c16-9-4-3-6-11(13(9)17)21-8-10(18-19-21)14(22)20-7-2-1-5-12(20)15(23)24/h3-4,6,8,12H,1-2,5,7H2,(H,23,24). The van der Waals surface area contributed by atoms with Crippen molar-refractivity contribution >= 4 is 23.5 Å². The fourth-order valence-electron chi connectivity index (χ4n) is 2.73. The number of carbonyl (C=O) groups is 2. The summed E-state index contributed by atoms with van der Waals surface area (Å²) in [7, 11) is 0. The van der Waals surface area contributed by atoms with Crippen LogP contribution in [0.4, 0.5) is 4.39 Å². The Morgan fingerprint density at radius 3 is 2.88 bits per heavy atom. The number of benzene rings is 1. The van der Waals surface area contributed by atoms with E-state index >= 15 is 0 Å². The zero-order valence-corrected chi connectivity index (χ0v) is 13.3. The summed E-state index contributed by atoms with van der Waals surface area (Å²) in [6.45, 7) is 0.341. The number of hydrogen-bond donors (Lipinski definition) is 1. The summed E-state index contributed by atoms with van der Waals surface area (Å²) in [6.07, 6.45) is 3.15. The van der Waals surface area contributed by atoms with Gasteiger partial charge in [-0.25, -0.2) is 13.9 Å². The third-order valence-electron chi connectivity index (χ3n) is 3.94. The van der Waals surface area contributed by atoms with Crippen molar-refractivity contribution in [3.8, 4) is 5.69 Å². The second-order valence-corrected chi connectivity index (χ2v) is 5.88. The number of hydrogen-bond acceptors (Lipinski definition) is 4. The van der Waals surface area contributed by atoms with Crippen LogP contribution in [0.15, 0.2) is 24.4 Å². The molecule has 1 N–H and O–H groups in total. The Bertz CT molecular complexity index is 795. The average molecular weight is 353 g/mol. The van der Waals surface area contributed by atoms with Gasteiger partial charge in [-0.3, -0.25) is 4.79 Å². The van der Waals surface area contributed by atoms with E-state index in [2.05, 4.69) is 10.3 Å². The third kappa shape index (κ3) is 2.96. The highest BCUT2D eigenvalue weighted by Gasteiger charge is 2.33. The number of rotatable bonds is 3. The number of amides is 1. The summed E-state index contributed by atoms with van der Waals surface area (Å²) in [5.74, 6) is -2.25. The van der Waals surface area contributed by atoms with Gasteiger partial charge >= 0.3 is 5.97 Å². The maximum absolute atomic E-state index is 14.0. The van der Waals surface area contributed by atoms with Crippen LogP contribution in [0, 0.1) is 5.82 Å². The van der Waals surface area contributed by atoms with Gasteiger partial charge in [0, 0.05) is 6.54 Å². The maximum atomic E-state index is 14.0. The van der Waals surface area contributed by atoms with Crippen molar-refractivity contribution in [1.29, 1.82) is 0 Å². The SMILES string of the molecule is O=C(O)C1CCCCN1C(=O)c1cn(-c2cccc(Cl)c2F)nn1. The van der Waals surface area contributed by atoms with Crippen LogP contribution < -0.4 is 0 Å². The van der Waals surface area contributed by atoms with E-state index in [9.17, 15) is 19.1 Å². The minimum atomic E-state index is -1.05. The van der Waals surface area contributed by atoms with E-state index < -0.39 is 23.7 Å². The predicted molar refractivity (Wildman–Crippen MR) is 82.6 cm³/mol. The van der Waals surface area contributed by atoms with E-state index in [4.69, 9.17) is 11.6 Å². The molecule has 0 saturated carbocycles. The summed E-state index contributed by atoms with van der Waals surface area (Å²) in [4.78, 5) is 25.1. The van der Waals surface area contributed by atoms with Crippen molar-refractivity contribution in [3.63, 3.8) is 0 Å². The van der Waals surface area contributed by atoms with Crippen LogP contribution in [-0.4, -0.2) is 49.5 Å². The first-order chi connectivity index (χ1) is 11.5. The van der Waals surface area contributed by atoms with E-state index in [1.807, 2.05) is 0 Å². The molecule has 126 valence electrons. The van der Waals surface area contributed by atoms with Crippen LogP contribution >= 0.6 is 11.6 Å². The second-order valence-electron chi connectivity index (χ2n) is 5.47. The second kappa shape index (κ2) is 6.56. The molecule has 2 aromatic rings. The number of aliphatic carboxylic acids is 1. The fraction of sp³-hybridized carbons (Fsp3) is 0.333. The fourth-order valence-corrected chi connectivity index (χ4v) is 2.90. The predicted octanol–water partition coefficient (Wildman–Crippen LogP) is 2.14. The molecule has 1 aliphatic heterocycles. The highest BCUT2D eigenvalue weighted by Crippen LogP contribution is 2.22. The largest absolute Gasteiger partial charge is 0.480 e. The molecule has 7 nitrogen and oxygen atoms in total. The maximum Gasteiger partial charge on any atom is 0.326 e. The smallest absolute Gasteiger partial charge is 0.326 e. The molecule has 2 heterocycles. The summed E-state index contributed by atoms with van der Waals surface area (Å²) in [5.41, 5.74) is 0.0185. The summed E-state index contributed by atoms with van der Waals surface area (Å²) in [5, 5.41) is 16.7. The quantitative estimate of drug-likeness (QED) is 0.914. The van der Waals surface area contributed by atoms with Crippen LogP contribution in [0.1, 0.15) is 29.8 Å². The van der Waals surface area contributed by atoms with Gasteiger partial charge in [-0.1, -0.05) is 22.9 Å². The number of piperidine rings is 1. The number of aromatic nitrogens is 3. The topological polar surface area (TPSA) is 88.3 Å². The molecule has 1 saturated heterocycles. The first-order valence-electron chi connectivity index (χ1n) is 7.39. The molecule has 0 aliphatic carbocycles. The Labute approximate surface area is 141 Å². The lowest BCUT2D eigenvalue weighted by molar-refractivity contribution is -0.143. The molecule has 1 amide bonds. The van der Waals surface area contributed by atoms with Crippen LogP contribution in [0.2, 0.25) is 5.02 Å². The Morgan fingerprint density at radius 2 is 2.12 bits per heavy atom. The molecule has 0 radical (unpaired) electrons. The van der Waals surface area contributed by atoms with E-state index in [0.29, 0.717) is 13.0 Å². The molecule has 0 bridgehead atoms. The van der Waals surface area contributed by atoms with E-state index in [-0.39, 0.29) is 16.4 Å². The number of halogens is 2. The Morgan fingerprint density at radius 1 is 1.33 bits per heavy atom. The first kappa shape index (κ1) is 16.4. The van der Waals surface area contributed by atoms with Gasteiger partial charge in [-0.05, 0) is 31.4 Å². The number of likely N-dealkylation sites (tertiary alicyclic amines) is 1. The average Bonchev–Trinajstić information content (AvgIpc) is 3.06. The highest BCUT2D eigenvalue weighted by molar-refractivity contribution is 6.30. The van der Waals surface area contributed by atoms with Crippen LogP contribution in [0.25, 0.3) is 5.69 Å². The summed E-state index contributed by atoms with van der Waals surface area (Å²) < 4.78 is 15.1. The van der Waals surface area contributed by atoms with E-state index in [1.54, 1.807) is 6.07 Å². The molecule has 1 aromatic heterocycles. The van der Waals surface area contributed by atoms with Gasteiger partial charge in [-0.2, -0.15) is 0 Å². The van der Waals surface area contributed by atoms with Gasteiger partial charge < -0.3 is 10.0 Å². The molecule has 1 aliphatic rings. The number of nitrogens with zero attached hydrogens (tertiary/aromatic N) is 4. The zero-order chi connectivity index (χ0) is 17.3. The van der Waals surface area contributed by atoms with Gasteiger partial charge in [0.15, 0.2) is 11.5 Å². The molecule has 1 aromatic carbocycles. The lowest BCUT2D eigenvalue weighted by Crippen LogP contribution is -2.48. The number of carboxylic acid groups (broad SMARTS) is 1. The summed E-state index contributed by atoms with van der Waals surface area (Å²) in [6, 6.07) is 3.52. The van der Waals surface area contributed by atoms with Gasteiger partial charge in [0.1, 0.15) is 11.7 Å². The molecule has 3 rings (SSSR count). The Kier molecular flexibility index (Phi) is 4.48. The van der Waals surface area contributed by atoms with Crippen molar-refractivity contribution in [2.45, 2.75) is 25.3 Å². The van der Waals surface area contributed by atoms with Crippen LogP contribution in [-0.2, 0) is 4.79 Å². The highest BCUT2D eigenvalue weighted by atomic mass is 35.5. The molecule has 9 heteroatoms. The van der Waals surface area contributed by atoms with Crippen molar-refractivity contribution in [1.82, 2.24) is 19.9 Å². The lowest BCUT2D eigenvalue weighted by atomic mass is 10.0. The van der Waals surface area contributed by atoms with Gasteiger partial charge in [-0.15, -0.1) is 5.10 Å². The molecular formula is C15H14ClFN4O3. The normalized spacial score (nSPS) is 17.8. The molecular weight excluding hydrogens is 339 g/mol. The zero-order valence-electron chi connectivity index (χ0n) is 12.5. The van der Waals surface area contributed by atoms with Gasteiger partial charge in [0.25, 0.3) is 5.91 Å². The van der Waals surface area contributed by atoms with Crippen molar-refractivity contribution < 1.29 is 19.1 Å².